The molecule has 2 N–H and O–H groups in total. The van der Waals surface area contributed by atoms with Crippen LogP contribution in [0.2, 0.25) is 0 Å². The van der Waals surface area contributed by atoms with E-state index in [9.17, 15) is 18.0 Å². The van der Waals surface area contributed by atoms with Crippen molar-refractivity contribution in [3.05, 3.63) is 76.1 Å². The van der Waals surface area contributed by atoms with E-state index in [0.717, 1.165) is 18.4 Å². The largest absolute Gasteiger partial charge is 0.345 e. The van der Waals surface area contributed by atoms with Crippen molar-refractivity contribution in [1.82, 2.24) is 14.6 Å². The molecule has 1 saturated heterocycles. The standard InChI is InChI=1S/C24H27N3O4S/c1-16-7-6-12-27(15-16)32(30,31)19-10-11-22-20(13-19)21(14-23(28)26-22)24(29)25-17(2)18-8-4-3-5-9-18/h3-5,8-11,13-14,16-17H,6-7,12,15H2,1-2H3,(H,25,29)(H,26,28)/t16-,17-/m0/s1. The number of pyridine rings is 1. The summed E-state index contributed by atoms with van der Waals surface area (Å²) in [6.07, 6.45) is 1.83. The minimum Gasteiger partial charge on any atom is -0.345 e. The maximum absolute atomic E-state index is 13.2. The summed E-state index contributed by atoms with van der Waals surface area (Å²) in [6, 6.07) is 15.0. The van der Waals surface area contributed by atoms with E-state index in [1.807, 2.05) is 44.2 Å². The number of amides is 1. The van der Waals surface area contributed by atoms with Crippen molar-refractivity contribution in [2.24, 2.45) is 5.92 Å². The Morgan fingerprint density at radius 2 is 1.91 bits per heavy atom. The van der Waals surface area contributed by atoms with Gasteiger partial charge in [-0.1, -0.05) is 37.3 Å². The average Bonchev–Trinajstić information content (AvgIpc) is 2.78. The lowest BCUT2D eigenvalue weighted by atomic mass is 10.0. The molecule has 168 valence electrons. The number of benzene rings is 2. The quantitative estimate of drug-likeness (QED) is 0.618. The molecule has 32 heavy (non-hydrogen) atoms. The first-order valence-electron chi connectivity index (χ1n) is 10.8. The highest BCUT2D eigenvalue weighted by Crippen LogP contribution is 2.26. The molecule has 0 radical (unpaired) electrons. The molecule has 0 aliphatic carbocycles. The fourth-order valence-corrected chi connectivity index (χ4v) is 5.82. The van der Waals surface area contributed by atoms with E-state index >= 15 is 0 Å². The number of fused-ring (bicyclic) bond motifs is 1. The van der Waals surface area contributed by atoms with Crippen LogP contribution in [0.1, 0.15) is 48.7 Å². The molecule has 2 atom stereocenters. The number of carbonyl (C=O) groups is 1. The van der Waals surface area contributed by atoms with E-state index in [-0.39, 0.29) is 16.5 Å². The Morgan fingerprint density at radius 1 is 1.16 bits per heavy atom. The zero-order chi connectivity index (χ0) is 22.9. The molecule has 0 spiro atoms. The van der Waals surface area contributed by atoms with Gasteiger partial charge >= 0.3 is 0 Å². The number of hydrogen-bond donors (Lipinski definition) is 2. The second-order valence-electron chi connectivity index (χ2n) is 8.47. The Bertz CT molecular complexity index is 1300. The van der Waals surface area contributed by atoms with Crippen LogP contribution in [0.25, 0.3) is 10.9 Å². The van der Waals surface area contributed by atoms with Crippen LogP contribution in [0.15, 0.2) is 64.3 Å². The van der Waals surface area contributed by atoms with Crippen molar-refractivity contribution in [2.45, 2.75) is 37.6 Å². The van der Waals surface area contributed by atoms with Gasteiger partial charge in [0.25, 0.3) is 5.91 Å². The number of piperidine rings is 1. The number of carbonyl (C=O) groups excluding carboxylic acids is 1. The number of sulfonamides is 1. The van der Waals surface area contributed by atoms with Gasteiger partial charge in [-0.25, -0.2) is 8.42 Å². The molecule has 2 aromatic carbocycles. The smallest absolute Gasteiger partial charge is 0.252 e. The molecule has 3 aromatic rings. The van der Waals surface area contributed by atoms with Crippen LogP contribution in [0.4, 0.5) is 0 Å². The summed E-state index contributed by atoms with van der Waals surface area (Å²) in [7, 11) is -3.70. The number of nitrogens with zero attached hydrogens (tertiary/aromatic N) is 1. The highest BCUT2D eigenvalue weighted by molar-refractivity contribution is 7.89. The van der Waals surface area contributed by atoms with E-state index in [0.29, 0.717) is 29.9 Å². The zero-order valence-corrected chi connectivity index (χ0v) is 19.0. The van der Waals surface area contributed by atoms with Gasteiger partial charge in [0.15, 0.2) is 0 Å². The van der Waals surface area contributed by atoms with Crippen molar-refractivity contribution in [3.63, 3.8) is 0 Å². The first kappa shape index (κ1) is 22.2. The maximum Gasteiger partial charge on any atom is 0.252 e. The van der Waals surface area contributed by atoms with Crippen molar-refractivity contribution < 1.29 is 13.2 Å². The van der Waals surface area contributed by atoms with Crippen LogP contribution in [-0.2, 0) is 10.0 Å². The second kappa shape index (κ2) is 8.88. The van der Waals surface area contributed by atoms with Crippen molar-refractivity contribution in [3.8, 4) is 0 Å². The van der Waals surface area contributed by atoms with Crippen LogP contribution < -0.4 is 10.9 Å². The summed E-state index contributed by atoms with van der Waals surface area (Å²) in [5.74, 6) is -0.130. The monoisotopic (exact) mass is 453 g/mol. The minimum atomic E-state index is -3.70. The summed E-state index contributed by atoms with van der Waals surface area (Å²) in [4.78, 5) is 28.1. The summed E-state index contributed by atoms with van der Waals surface area (Å²) < 4.78 is 28.0. The molecule has 7 nitrogen and oxygen atoms in total. The van der Waals surface area contributed by atoms with Gasteiger partial charge in [-0.3, -0.25) is 9.59 Å². The molecule has 1 aromatic heterocycles. The Labute approximate surface area is 187 Å². The molecule has 1 aliphatic heterocycles. The van der Waals surface area contributed by atoms with Crippen LogP contribution in [0.5, 0.6) is 0 Å². The molecular weight excluding hydrogens is 426 g/mol. The number of nitrogens with one attached hydrogen (secondary N) is 2. The molecule has 0 saturated carbocycles. The number of rotatable bonds is 5. The van der Waals surface area contributed by atoms with E-state index in [1.54, 1.807) is 6.07 Å². The van der Waals surface area contributed by atoms with E-state index in [1.165, 1.54) is 22.5 Å². The van der Waals surface area contributed by atoms with Gasteiger partial charge in [-0.15, -0.1) is 0 Å². The second-order valence-corrected chi connectivity index (χ2v) is 10.4. The molecule has 1 amide bonds. The molecule has 0 bridgehead atoms. The van der Waals surface area contributed by atoms with Crippen molar-refractivity contribution in [1.29, 1.82) is 0 Å². The van der Waals surface area contributed by atoms with Gasteiger partial charge in [-0.05, 0) is 49.4 Å². The first-order valence-corrected chi connectivity index (χ1v) is 12.2. The fraction of sp³-hybridized carbons (Fsp3) is 0.333. The Hall–Kier alpha value is -2.97. The summed E-state index contributed by atoms with van der Waals surface area (Å²) in [6.45, 7) is 4.87. The third-order valence-electron chi connectivity index (χ3n) is 5.96. The van der Waals surface area contributed by atoms with Gasteiger partial charge < -0.3 is 10.3 Å². The molecule has 4 rings (SSSR count). The lowest BCUT2D eigenvalue weighted by Gasteiger charge is -2.30. The zero-order valence-electron chi connectivity index (χ0n) is 18.2. The maximum atomic E-state index is 13.2. The molecular formula is C24H27N3O4S. The van der Waals surface area contributed by atoms with Gasteiger partial charge in [0.2, 0.25) is 15.6 Å². The first-order chi connectivity index (χ1) is 15.3. The number of hydrogen-bond acceptors (Lipinski definition) is 4. The highest BCUT2D eigenvalue weighted by atomic mass is 32.2. The van der Waals surface area contributed by atoms with Gasteiger partial charge in [0.05, 0.1) is 16.5 Å². The Morgan fingerprint density at radius 3 is 2.62 bits per heavy atom. The third-order valence-corrected chi connectivity index (χ3v) is 7.82. The van der Waals surface area contributed by atoms with Gasteiger partial charge in [-0.2, -0.15) is 4.31 Å². The molecule has 2 heterocycles. The lowest BCUT2D eigenvalue weighted by molar-refractivity contribution is 0.0941. The number of aromatic amines is 1. The van der Waals surface area contributed by atoms with Crippen LogP contribution >= 0.6 is 0 Å². The molecule has 0 unspecified atom stereocenters. The number of aromatic nitrogens is 1. The fourth-order valence-electron chi connectivity index (χ4n) is 4.19. The summed E-state index contributed by atoms with van der Waals surface area (Å²) in [5, 5.41) is 3.30. The normalized spacial score (nSPS) is 18.4. The predicted molar refractivity (Wildman–Crippen MR) is 124 cm³/mol. The topological polar surface area (TPSA) is 99.3 Å². The number of H-pyrrole nitrogens is 1. The van der Waals surface area contributed by atoms with Crippen LogP contribution in [-0.4, -0.2) is 36.7 Å². The van der Waals surface area contributed by atoms with E-state index < -0.39 is 21.5 Å². The van der Waals surface area contributed by atoms with Crippen LogP contribution in [0.3, 0.4) is 0 Å². The van der Waals surface area contributed by atoms with E-state index in [4.69, 9.17) is 0 Å². The summed E-state index contributed by atoms with van der Waals surface area (Å²) in [5.41, 5.74) is 1.07. The van der Waals surface area contributed by atoms with Gasteiger partial charge in [0.1, 0.15) is 0 Å². The molecule has 1 fully saturated rings. The van der Waals surface area contributed by atoms with Gasteiger partial charge in [0, 0.05) is 30.1 Å². The summed E-state index contributed by atoms with van der Waals surface area (Å²) >= 11 is 0. The lowest BCUT2D eigenvalue weighted by Crippen LogP contribution is -2.39. The predicted octanol–water partition coefficient (Wildman–Crippen LogP) is 3.44. The Kier molecular flexibility index (Phi) is 6.17. The highest BCUT2D eigenvalue weighted by Gasteiger charge is 2.29. The van der Waals surface area contributed by atoms with Crippen molar-refractivity contribution >= 4 is 26.8 Å². The minimum absolute atomic E-state index is 0.122. The van der Waals surface area contributed by atoms with Crippen molar-refractivity contribution in [2.75, 3.05) is 13.1 Å². The van der Waals surface area contributed by atoms with Crippen LogP contribution in [0, 0.1) is 5.92 Å². The van der Waals surface area contributed by atoms with E-state index in [2.05, 4.69) is 10.3 Å². The Balaban J connectivity index is 1.71. The third kappa shape index (κ3) is 4.47. The average molecular weight is 454 g/mol. The molecule has 8 heteroatoms. The molecule has 1 aliphatic rings. The SMILES string of the molecule is C[C@H]1CCCN(S(=O)(=O)c2ccc3[nH]c(=O)cc(C(=O)N[C@@H](C)c4ccccc4)c3c2)C1.